The summed E-state index contributed by atoms with van der Waals surface area (Å²) in [6.07, 6.45) is 1.16. The molecule has 2 N–H and O–H groups in total. The lowest BCUT2D eigenvalue weighted by molar-refractivity contribution is -0.115. The topological polar surface area (TPSA) is 85.0 Å². The van der Waals surface area contributed by atoms with Crippen LogP contribution in [0.25, 0.3) is 0 Å². The minimum atomic E-state index is -0.135. The molecule has 0 atom stereocenters. The van der Waals surface area contributed by atoms with Gasteiger partial charge < -0.3 is 25.3 Å². The fourth-order valence-electron chi connectivity index (χ4n) is 5.17. The highest BCUT2D eigenvalue weighted by Crippen LogP contribution is 2.29. The first-order valence-electron chi connectivity index (χ1n) is 13.7. The number of carbonyl (C=O) groups excluding carboxylic acids is 3. The van der Waals surface area contributed by atoms with E-state index in [1.165, 1.54) is 0 Å². The highest BCUT2D eigenvalue weighted by atomic mass is 16.2. The fraction of sp³-hybridized carbons (Fsp3) is 0.323. The van der Waals surface area contributed by atoms with Crippen LogP contribution in [0.3, 0.4) is 0 Å². The predicted molar refractivity (Wildman–Crippen MR) is 153 cm³/mol. The van der Waals surface area contributed by atoms with Crippen molar-refractivity contribution in [3.8, 4) is 0 Å². The van der Waals surface area contributed by atoms with Crippen LogP contribution in [-0.4, -0.2) is 79.9 Å². The van der Waals surface area contributed by atoms with E-state index in [1.54, 1.807) is 6.07 Å². The Hall–Kier alpha value is -4.17. The molecule has 8 heteroatoms. The molecule has 2 aliphatic rings. The number of hydrogen-bond acceptors (Lipinski definition) is 5. The van der Waals surface area contributed by atoms with Crippen LogP contribution in [0.2, 0.25) is 0 Å². The summed E-state index contributed by atoms with van der Waals surface area (Å²) in [5.41, 5.74) is 3.66. The molecule has 2 fully saturated rings. The average molecular weight is 526 g/mol. The van der Waals surface area contributed by atoms with E-state index >= 15 is 0 Å². The molecule has 0 radical (unpaired) electrons. The zero-order valence-electron chi connectivity index (χ0n) is 22.1. The van der Waals surface area contributed by atoms with E-state index in [-0.39, 0.29) is 24.1 Å². The molecule has 0 spiro atoms. The predicted octanol–water partition coefficient (Wildman–Crippen LogP) is 3.27. The smallest absolute Gasteiger partial charge is 0.253 e. The van der Waals surface area contributed by atoms with E-state index in [4.69, 9.17) is 0 Å². The van der Waals surface area contributed by atoms with Gasteiger partial charge in [-0.3, -0.25) is 14.4 Å². The summed E-state index contributed by atoms with van der Waals surface area (Å²) in [7, 11) is 0. The van der Waals surface area contributed by atoms with Crippen LogP contribution < -0.4 is 15.5 Å². The highest BCUT2D eigenvalue weighted by Gasteiger charge is 2.25. The number of anilines is 2. The van der Waals surface area contributed by atoms with Gasteiger partial charge in [0.25, 0.3) is 11.8 Å². The van der Waals surface area contributed by atoms with Crippen molar-refractivity contribution in [3.63, 3.8) is 0 Å². The quantitative estimate of drug-likeness (QED) is 0.516. The lowest BCUT2D eigenvalue weighted by Gasteiger charge is -2.37. The molecule has 2 aliphatic heterocycles. The van der Waals surface area contributed by atoms with E-state index in [0.717, 1.165) is 30.8 Å². The molecule has 0 bridgehead atoms. The van der Waals surface area contributed by atoms with Crippen molar-refractivity contribution in [1.29, 1.82) is 0 Å². The standard InChI is InChI=1S/C31H35N5O3/c37-29(22-24-8-3-1-4-9-24)33-27-23-26(31(39)35-16-7-14-32-15-17-35)12-13-28(27)34-18-20-36(21-19-34)30(38)25-10-5-2-6-11-25/h1-6,8-13,23,32H,7,14-22H2,(H,33,37). The fourth-order valence-corrected chi connectivity index (χ4v) is 5.17. The molecular weight excluding hydrogens is 490 g/mol. The Kier molecular flexibility index (Phi) is 8.53. The summed E-state index contributed by atoms with van der Waals surface area (Å²) < 4.78 is 0. The van der Waals surface area contributed by atoms with Crippen LogP contribution in [0.4, 0.5) is 11.4 Å². The van der Waals surface area contributed by atoms with Crippen LogP contribution in [0.5, 0.6) is 0 Å². The van der Waals surface area contributed by atoms with Crippen molar-refractivity contribution >= 4 is 29.1 Å². The SMILES string of the molecule is O=C(Cc1ccccc1)Nc1cc(C(=O)N2CCCNCC2)ccc1N1CCN(C(=O)c2ccccc2)CC1. The third kappa shape index (κ3) is 6.64. The maximum atomic E-state index is 13.3. The van der Waals surface area contributed by atoms with Crippen molar-refractivity contribution in [2.75, 3.05) is 62.6 Å². The lowest BCUT2D eigenvalue weighted by Crippen LogP contribution is -2.49. The minimum absolute atomic E-state index is 0.0258. The first-order valence-corrected chi connectivity index (χ1v) is 13.7. The van der Waals surface area contributed by atoms with Gasteiger partial charge in [-0.1, -0.05) is 48.5 Å². The molecule has 0 aromatic heterocycles. The average Bonchev–Trinajstić information content (AvgIpc) is 3.27. The molecule has 2 heterocycles. The molecule has 3 aromatic carbocycles. The molecule has 5 rings (SSSR count). The number of benzene rings is 3. The Bertz CT molecular complexity index is 1280. The maximum absolute atomic E-state index is 13.3. The third-order valence-electron chi connectivity index (χ3n) is 7.28. The van der Waals surface area contributed by atoms with Gasteiger partial charge in [0.1, 0.15) is 0 Å². The summed E-state index contributed by atoms with van der Waals surface area (Å²) in [5.74, 6) is -0.134. The van der Waals surface area contributed by atoms with Crippen LogP contribution >= 0.6 is 0 Å². The molecule has 0 aliphatic carbocycles. The first kappa shape index (κ1) is 26.4. The molecule has 0 saturated carbocycles. The molecule has 8 nitrogen and oxygen atoms in total. The van der Waals surface area contributed by atoms with Gasteiger partial charge in [-0.15, -0.1) is 0 Å². The number of carbonyl (C=O) groups is 3. The Morgan fingerprint density at radius 2 is 1.36 bits per heavy atom. The number of rotatable bonds is 6. The van der Waals surface area contributed by atoms with Crippen molar-refractivity contribution in [1.82, 2.24) is 15.1 Å². The Morgan fingerprint density at radius 3 is 2.10 bits per heavy atom. The zero-order chi connectivity index (χ0) is 27.0. The van der Waals surface area contributed by atoms with Gasteiger partial charge in [-0.2, -0.15) is 0 Å². The summed E-state index contributed by atoms with van der Waals surface area (Å²) in [6, 6.07) is 24.5. The van der Waals surface area contributed by atoms with Crippen LogP contribution in [-0.2, 0) is 11.2 Å². The zero-order valence-corrected chi connectivity index (χ0v) is 22.1. The summed E-state index contributed by atoms with van der Waals surface area (Å²) >= 11 is 0. The number of nitrogens with zero attached hydrogens (tertiary/aromatic N) is 3. The molecule has 0 unspecified atom stereocenters. The van der Waals surface area contributed by atoms with Crippen LogP contribution in [0.15, 0.2) is 78.9 Å². The Labute approximate surface area is 229 Å². The van der Waals surface area contributed by atoms with Crippen molar-refractivity contribution in [3.05, 3.63) is 95.6 Å². The number of piperazine rings is 1. The van der Waals surface area contributed by atoms with E-state index in [2.05, 4.69) is 15.5 Å². The van der Waals surface area contributed by atoms with Crippen molar-refractivity contribution < 1.29 is 14.4 Å². The maximum Gasteiger partial charge on any atom is 0.253 e. The summed E-state index contributed by atoms with van der Waals surface area (Å²) in [5, 5.41) is 6.42. The van der Waals surface area contributed by atoms with Gasteiger partial charge in [0.2, 0.25) is 5.91 Å². The van der Waals surface area contributed by atoms with Gasteiger partial charge >= 0.3 is 0 Å². The van der Waals surface area contributed by atoms with Gasteiger partial charge in [0.05, 0.1) is 17.8 Å². The largest absolute Gasteiger partial charge is 0.366 e. The van der Waals surface area contributed by atoms with Gasteiger partial charge in [0.15, 0.2) is 0 Å². The minimum Gasteiger partial charge on any atom is -0.366 e. The summed E-state index contributed by atoms with van der Waals surface area (Å²) in [6.45, 7) is 5.46. The van der Waals surface area contributed by atoms with E-state index in [0.29, 0.717) is 56.1 Å². The third-order valence-corrected chi connectivity index (χ3v) is 7.28. The Morgan fingerprint density at radius 1 is 0.692 bits per heavy atom. The van der Waals surface area contributed by atoms with Crippen molar-refractivity contribution in [2.45, 2.75) is 12.8 Å². The lowest BCUT2D eigenvalue weighted by atomic mass is 10.1. The molecule has 39 heavy (non-hydrogen) atoms. The molecule has 202 valence electrons. The van der Waals surface area contributed by atoms with Crippen molar-refractivity contribution in [2.24, 2.45) is 0 Å². The van der Waals surface area contributed by atoms with Crippen LogP contribution in [0, 0.1) is 0 Å². The second-order valence-corrected chi connectivity index (χ2v) is 9.98. The Balaban J connectivity index is 1.34. The molecular formula is C31H35N5O3. The van der Waals surface area contributed by atoms with Gasteiger partial charge in [-0.05, 0) is 48.9 Å². The van der Waals surface area contributed by atoms with Crippen LogP contribution in [0.1, 0.15) is 32.7 Å². The number of nitrogens with one attached hydrogen (secondary N) is 2. The molecule has 2 saturated heterocycles. The van der Waals surface area contributed by atoms with Gasteiger partial charge in [-0.25, -0.2) is 0 Å². The summed E-state index contributed by atoms with van der Waals surface area (Å²) in [4.78, 5) is 45.3. The molecule has 3 amide bonds. The monoisotopic (exact) mass is 525 g/mol. The first-order chi connectivity index (χ1) is 19.1. The molecule has 3 aromatic rings. The second kappa shape index (κ2) is 12.6. The number of amides is 3. The second-order valence-electron chi connectivity index (χ2n) is 9.98. The van der Waals surface area contributed by atoms with E-state index in [1.807, 2.05) is 82.6 Å². The highest BCUT2D eigenvalue weighted by molar-refractivity contribution is 6.00. The van der Waals surface area contributed by atoms with Gasteiger partial charge in [0, 0.05) is 56.9 Å². The number of hydrogen-bond donors (Lipinski definition) is 2. The normalized spacial score (nSPS) is 15.9. The van der Waals surface area contributed by atoms with E-state index < -0.39 is 0 Å². The van der Waals surface area contributed by atoms with E-state index in [9.17, 15) is 14.4 Å².